The Kier molecular flexibility index (Phi) is 4.58. The molecule has 0 aliphatic carbocycles. The van der Waals surface area contributed by atoms with Gasteiger partial charge in [-0.2, -0.15) is 0 Å². The number of hydrogen-bond donors (Lipinski definition) is 2. The molecule has 2 N–H and O–H groups in total. The molecule has 1 heterocycles. The maximum atomic E-state index is 12.4. The molecule has 5 nitrogen and oxygen atoms in total. The maximum absolute atomic E-state index is 12.4. The molecule has 0 bridgehead atoms. The van der Waals surface area contributed by atoms with Crippen LogP contribution in [0.2, 0.25) is 0 Å². The van der Waals surface area contributed by atoms with Gasteiger partial charge in [0, 0.05) is 21.4 Å². The minimum atomic E-state index is -0.110. The number of nitrogens with one attached hydrogen (secondary N) is 1. The zero-order valence-electron chi connectivity index (χ0n) is 13.9. The minimum Gasteiger partial charge on any atom is -0.507 e. The normalized spacial score (nSPS) is 12.8. The van der Waals surface area contributed by atoms with Gasteiger partial charge in [0.15, 0.2) is 11.5 Å². The highest BCUT2D eigenvalue weighted by molar-refractivity contribution is 8.00. The van der Waals surface area contributed by atoms with Gasteiger partial charge in [-0.15, -0.1) is 11.8 Å². The van der Waals surface area contributed by atoms with Gasteiger partial charge in [-0.05, 0) is 30.3 Å². The standard InChI is InChI=1S/C20H17NO4S/c22-17-7-6-16(14-3-1-2-4-15(14)17)21-20(23)12-26-13-5-8-18-19(11-13)25-10-9-24-18/h1-8,11,22H,9-10,12H2,(H,21,23). The van der Waals surface area contributed by atoms with Gasteiger partial charge >= 0.3 is 0 Å². The largest absolute Gasteiger partial charge is 0.507 e. The Bertz CT molecular complexity index is 973. The Morgan fingerprint density at radius 2 is 1.77 bits per heavy atom. The molecule has 0 aromatic heterocycles. The van der Waals surface area contributed by atoms with E-state index >= 15 is 0 Å². The van der Waals surface area contributed by atoms with Crippen LogP contribution >= 0.6 is 11.8 Å². The van der Waals surface area contributed by atoms with E-state index in [4.69, 9.17) is 9.47 Å². The third-order valence-electron chi connectivity index (χ3n) is 4.06. The molecular formula is C20H17NO4S. The first kappa shape index (κ1) is 16.6. The number of hydrogen-bond acceptors (Lipinski definition) is 5. The van der Waals surface area contributed by atoms with Crippen molar-refractivity contribution in [2.75, 3.05) is 24.3 Å². The van der Waals surface area contributed by atoms with Crippen molar-refractivity contribution >= 4 is 34.1 Å². The van der Waals surface area contributed by atoms with E-state index in [9.17, 15) is 9.90 Å². The van der Waals surface area contributed by atoms with Gasteiger partial charge in [0.1, 0.15) is 19.0 Å². The van der Waals surface area contributed by atoms with E-state index in [2.05, 4.69) is 5.32 Å². The molecule has 3 aromatic carbocycles. The van der Waals surface area contributed by atoms with Crippen molar-refractivity contribution in [3.05, 3.63) is 54.6 Å². The predicted molar refractivity (Wildman–Crippen MR) is 102 cm³/mol. The van der Waals surface area contributed by atoms with Crippen molar-refractivity contribution in [2.24, 2.45) is 0 Å². The second kappa shape index (κ2) is 7.17. The quantitative estimate of drug-likeness (QED) is 0.538. The fourth-order valence-electron chi connectivity index (χ4n) is 2.84. The van der Waals surface area contributed by atoms with E-state index in [0.29, 0.717) is 30.0 Å². The van der Waals surface area contributed by atoms with Gasteiger partial charge in [-0.3, -0.25) is 4.79 Å². The Hall–Kier alpha value is -2.86. The van der Waals surface area contributed by atoms with Crippen LogP contribution in [0.25, 0.3) is 10.8 Å². The summed E-state index contributed by atoms with van der Waals surface area (Å²) in [5.74, 6) is 1.81. The number of carbonyl (C=O) groups excluding carboxylic acids is 1. The summed E-state index contributed by atoms with van der Waals surface area (Å²) >= 11 is 1.43. The summed E-state index contributed by atoms with van der Waals surface area (Å²) in [6, 6.07) is 16.4. The fraction of sp³-hybridized carbons (Fsp3) is 0.150. The number of phenols is 1. The second-order valence-corrected chi connectivity index (χ2v) is 6.87. The van der Waals surface area contributed by atoms with Gasteiger partial charge < -0.3 is 19.9 Å². The number of aromatic hydroxyl groups is 1. The Morgan fingerprint density at radius 1 is 1.00 bits per heavy atom. The van der Waals surface area contributed by atoms with Crippen LogP contribution in [0.1, 0.15) is 0 Å². The molecule has 0 unspecified atom stereocenters. The lowest BCUT2D eigenvalue weighted by atomic mass is 10.1. The highest BCUT2D eigenvalue weighted by Gasteiger charge is 2.13. The van der Waals surface area contributed by atoms with E-state index in [0.717, 1.165) is 16.0 Å². The van der Waals surface area contributed by atoms with Gasteiger partial charge in [0.25, 0.3) is 0 Å². The monoisotopic (exact) mass is 367 g/mol. The molecular weight excluding hydrogens is 350 g/mol. The summed E-state index contributed by atoms with van der Waals surface area (Å²) in [7, 11) is 0. The van der Waals surface area contributed by atoms with E-state index in [1.807, 2.05) is 42.5 Å². The van der Waals surface area contributed by atoms with Crippen LogP contribution in [0.4, 0.5) is 5.69 Å². The summed E-state index contributed by atoms with van der Waals surface area (Å²) in [5, 5.41) is 14.4. The molecule has 0 fully saturated rings. The number of rotatable bonds is 4. The van der Waals surface area contributed by atoms with Crippen molar-refractivity contribution in [2.45, 2.75) is 4.90 Å². The molecule has 4 rings (SSSR count). The van der Waals surface area contributed by atoms with E-state index < -0.39 is 0 Å². The van der Waals surface area contributed by atoms with Crippen molar-refractivity contribution in [3.8, 4) is 17.2 Å². The molecule has 6 heteroatoms. The average Bonchev–Trinajstić information content (AvgIpc) is 2.68. The zero-order valence-corrected chi connectivity index (χ0v) is 14.7. The molecule has 1 amide bonds. The molecule has 1 aliphatic rings. The predicted octanol–water partition coefficient (Wildman–Crippen LogP) is 4.05. The van der Waals surface area contributed by atoms with Crippen molar-refractivity contribution < 1.29 is 19.4 Å². The molecule has 132 valence electrons. The van der Waals surface area contributed by atoms with Gasteiger partial charge in [0.05, 0.1) is 5.75 Å². The maximum Gasteiger partial charge on any atom is 0.234 e. The number of benzene rings is 3. The number of amides is 1. The van der Waals surface area contributed by atoms with Crippen molar-refractivity contribution in [1.82, 2.24) is 0 Å². The van der Waals surface area contributed by atoms with Crippen LogP contribution in [-0.4, -0.2) is 30.0 Å². The first-order valence-electron chi connectivity index (χ1n) is 8.24. The SMILES string of the molecule is O=C(CSc1ccc2c(c1)OCCO2)Nc1ccc(O)c2ccccc12. The van der Waals surface area contributed by atoms with Crippen LogP contribution in [-0.2, 0) is 4.79 Å². The first-order chi connectivity index (χ1) is 12.7. The first-order valence-corrected chi connectivity index (χ1v) is 9.22. The Balaban J connectivity index is 1.44. The van der Waals surface area contributed by atoms with Gasteiger partial charge in [-0.1, -0.05) is 24.3 Å². The van der Waals surface area contributed by atoms with E-state index in [-0.39, 0.29) is 17.4 Å². The lowest BCUT2D eigenvalue weighted by Crippen LogP contribution is -2.15. The van der Waals surface area contributed by atoms with Crippen molar-refractivity contribution in [1.29, 1.82) is 0 Å². The topological polar surface area (TPSA) is 67.8 Å². The lowest BCUT2D eigenvalue weighted by Gasteiger charge is -2.18. The fourth-order valence-corrected chi connectivity index (χ4v) is 3.57. The van der Waals surface area contributed by atoms with Gasteiger partial charge in [-0.25, -0.2) is 0 Å². The summed E-state index contributed by atoms with van der Waals surface area (Å²) in [4.78, 5) is 13.3. The number of carbonyl (C=O) groups is 1. The summed E-state index contributed by atoms with van der Waals surface area (Å²) < 4.78 is 11.1. The number of thioether (sulfide) groups is 1. The minimum absolute atomic E-state index is 0.110. The van der Waals surface area contributed by atoms with E-state index in [1.165, 1.54) is 11.8 Å². The number of ether oxygens (including phenoxy) is 2. The van der Waals surface area contributed by atoms with Crippen LogP contribution in [0.15, 0.2) is 59.5 Å². The number of anilines is 1. The summed E-state index contributed by atoms with van der Waals surface area (Å²) in [6.07, 6.45) is 0. The number of phenolic OH excluding ortho intramolecular Hbond substituents is 1. The highest BCUT2D eigenvalue weighted by Crippen LogP contribution is 2.34. The Labute approximate surface area is 154 Å². The lowest BCUT2D eigenvalue weighted by molar-refractivity contribution is -0.113. The third-order valence-corrected chi connectivity index (χ3v) is 5.05. The smallest absolute Gasteiger partial charge is 0.234 e. The molecule has 0 saturated heterocycles. The van der Waals surface area contributed by atoms with Gasteiger partial charge in [0.2, 0.25) is 5.91 Å². The van der Waals surface area contributed by atoms with Crippen molar-refractivity contribution in [3.63, 3.8) is 0 Å². The van der Waals surface area contributed by atoms with Crippen LogP contribution < -0.4 is 14.8 Å². The molecule has 1 aliphatic heterocycles. The Morgan fingerprint density at radius 3 is 2.62 bits per heavy atom. The van der Waals surface area contributed by atoms with Crippen LogP contribution in [0.5, 0.6) is 17.2 Å². The molecule has 26 heavy (non-hydrogen) atoms. The second-order valence-electron chi connectivity index (χ2n) is 5.82. The zero-order chi connectivity index (χ0) is 17.9. The molecule has 3 aromatic rings. The molecule has 0 atom stereocenters. The molecule has 0 saturated carbocycles. The van der Waals surface area contributed by atoms with Crippen LogP contribution in [0.3, 0.4) is 0 Å². The summed E-state index contributed by atoms with van der Waals surface area (Å²) in [6.45, 7) is 1.10. The summed E-state index contributed by atoms with van der Waals surface area (Å²) in [5.41, 5.74) is 0.686. The molecule has 0 spiro atoms. The molecule has 0 radical (unpaired) electrons. The highest BCUT2D eigenvalue weighted by atomic mass is 32.2. The van der Waals surface area contributed by atoms with Crippen LogP contribution in [0, 0.1) is 0 Å². The average molecular weight is 367 g/mol. The third kappa shape index (κ3) is 3.41. The van der Waals surface area contributed by atoms with E-state index in [1.54, 1.807) is 12.1 Å². The number of fused-ring (bicyclic) bond motifs is 2.